The molecule has 3 rings (SSSR count). The highest BCUT2D eigenvalue weighted by atomic mass is 15.2. The van der Waals surface area contributed by atoms with Gasteiger partial charge in [0.1, 0.15) is 0 Å². The molecule has 2 N–H and O–H groups in total. The predicted octanol–water partition coefficient (Wildman–Crippen LogP) is 2.17. The van der Waals surface area contributed by atoms with Crippen molar-refractivity contribution in [1.29, 1.82) is 0 Å². The van der Waals surface area contributed by atoms with Crippen LogP contribution in [-0.4, -0.2) is 24.0 Å². The Bertz CT molecular complexity index is 388. The zero-order valence-corrected chi connectivity index (χ0v) is 10.4. The summed E-state index contributed by atoms with van der Waals surface area (Å²) < 4.78 is 0. The van der Waals surface area contributed by atoms with Gasteiger partial charge in [0.05, 0.1) is 0 Å². The molecule has 0 amide bonds. The monoisotopic (exact) mass is 230 g/mol. The lowest BCUT2D eigenvalue weighted by atomic mass is 10.0. The van der Waals surface area contributed by atoms with Gasteiger partial charge in [0.25, 0.3) is 0 Å². The summed E-state index contributed by atoms with van der Waals surface area (Å²) in [5, 5.41) is 0. The second-order valence-electron chi connectivity index (χ2n) is 5.55. The molecule has 2 nitrogen and oxygen atoms in total. The SMILES string of the molecule is NCc1ccccc1CCN1CC2CCC1C2. The molecule has 1 aliphatic heterocycles. The summed E-state index contributed by atoms with van der Waals surface area (Å²) in [5.41, 5.74) is 8.54. The van der Waals surface area contributed by atoms with E-state index in [4.69, 9.17) is 5.73 Å². The zero-order chi connectivity index (χ0) is 11.7. The Labute approximate surface area is 104 Å². The van der Waals surface area contributed by atoms with E-state index in [1.54, 1.807) is 0 Å². The van der Waals surface area contributed by atoms with E-state index in [-0.39, 0.29) is 0 Å². The molecule has 1 heterocycles. The number of benzene rings is 1. The van der Waals surface area contributed by atoms with Gasteiger partial charge in [-0.15, -0.1) is 0 Å². The molecular weight excluding hydrogens is 208 g/mol. The van der Waals surface area contributed by atoms with E-state index >= 15 is 0 Å². The molecule has 1 aromatic rings. The zero-order valence-electron chi connectivity index (χ0n) is 10.4. The van der Waals surface area contributed by atoms with Crippen LogP contribution in [0.5, 0.6) is 0 Å². The van der Waals surface area contributed by atoms with Crippen LogP contribution < -0.4 is 5.73 Å². The molecule has 2 bridgehead atoms. The molecule has 2 aliphatic rings. The number of hydrogen-bond acceptors (Lipinski definition) is 2. The van der Waals surface area contributed by atoms with Crippen LogP contribution in [0.4, 0.5) is 0 Å². The van der Waals surface area contributed by atoms with Crippen molar-refractivity contribution in [1.82, 2.24) is 4.90 Å². The minimum atomic E-state index is 0.669. The summed E-state index contributed by atoms with van der Waals surface area (Å²) in [5.74, 6) is 1.00. The Morgan fingerprint density at radius 2 is 2.00 bits per heavy atom. The van der Waals surface area contributed by atoms with E-state index in [1.807, 2.05) is 0 Å². The molecule has 2 heteroatoms. The lowest BCUT2D eigenvalue weighted by molar-refractivity contribution is 0.216. The first-order valence-electron chi connectivity index (χ1n) is 6.87. The maximum Gasteiger partial charge on any atom is 0.0180 e. The second-order valence-corrected chi connectivity index (χ2v) is 5.55. The van der Waals surface area contributed by atoms with Gasteiger partial charge in [-0.25, -0.2) is 0 Å². The maximum absolute atomic E-state index is 5.78. The van der Waals surface area contributed by atoms with Gasteiger partial charge in [-0.1, -0.05) is 24.3 Å². The van der Waals surface area contributed by atoms with Crippen molar-refractivity contribution in [2.45, 2.75) is 38.3 Å². The molecule has 1 aromatic carbocycles. The first-order chi connectivity index (χ1) is 8.36. The van der Waals surface area contributed by atoms with Crippen LogP contribution >= 0.6 is 0 Å². The van der Waals surface area contributed by atoms with E-state index in [9.17, 15) is 0 Å². The van der Waals surface area contributed by atoms with Crippen LogP contribution in [0.15, 0.2) is 24.3 Å². The van der Waals surface area contributed by atoms with Crippen molar-refractivity contribution >= 4 is 0 Å². The fourth-order valence-electron chi connectivity index (χ4n) is 3.57. The Balaban J connectivity index is 1.60. The highest BCUT2D eigenvalue weighted by molar-refractivity contribution is 5.27. The van der Waals surface area contributed by atoms with Gasteiger partial charge < -0.3 is 5.73 Å². The minimum Gasteiger partial charge on any atom is -0.326 e. The highest BCUT2D eigenvalue weighted by Crippen LogP contribution is 2.37. The molecule has 1 aliphatic carbocycles. The van der Waals surface area contributed by atoms with Crippen molar-refractivity contribution in [3.63, 3.8) is 0 Å². The van der Waals surface area contributed by atoms with E-state index < -0.39 is 0 Å². The van der Waals surface area contributed by atoms with Crippen molar-refractivity contribution in [2.24, 2.45) is 11.7 Å². The normalized spacial score (nSPS) is 27.8. The van der Waals surface area contributed by atoms with Crippen LogP contribution in [0.1, 0.15) is 30.4 Å². The van der Waals surface area contributed by atoms with E-state index in [1.165, 1.54) is 43.5 Å². The largest absolute Gasteiger partial charge is 0.326 e. The molecular formula is C15H22N2. The summed E-state index contributed by atoms with van der Waals surface area (Å²) >= 11 is 0. The van der Waals surface area contributed by atoms with Crippen LogP contribution in [0, 0.1) is 5.92 Å². The standard InChI is InChI=1S/C15H22N2/c16-10-14-4-2-1-3-13(14)7-8-17-11-12-5-6-15(17)9-12/h1-4,12,15H,5-11,16H2. The lowest BCUT2D eigenvalue weighted by Crippen LogP contribution is -2.33. The molecule has 17 heavy (non-hydrogen) atoms. The summed E-state index contributed by atoms with van der Waals surface area (Å²) in [6.07, 6.45) is 5.53. The fourth-order valence-corrected chi connectivity index (χ4v) is 3.57. The number of piperidine rings is 1. The third-order valence-corrected chi connectivity index (χ3v) is 4.53. The first-order valence-corrected chi connectivity index (χ1v) is 6.87. The number of nitrogens with two attached hydrogens (primary N) is 1. The molecule has 0 spiro atoms. The summed E-state index contributed by atoms with van der Waals surface area (Å²) in [6, 6.07) is 9.50. The first kappa shape index (κ1) is 11.2. The van der Waals surface area contributed by atoms with E-state index in [0.29, 0.717) is 6.54 Å². The van der Waals surface area contributed by atoms with Gasteiger partial charge in [-0.05, 0) is 42.7 Å². The van der Waals surface area contributed by atoms with Gasteiger partial charge in [0.15, 0.2) is 0 Å². The number of fused-ring (bicyclic) bond motifs is 2. The fraction of sp³-hybridized carbons (Fsp3) is 0.600. The van der Waals surface area contributed by atoms with Crippen LogP contribution in [0.2, 0.25) is 0 Å². The van der Waals surface area contributed by atoms with Crippen molar-refractivity contribution in [3.05, 3.63) is 35.4 Å². The smallest absolute Gasteiger partial charge is 0.0180 e. The van der Waals surface area contributed by atoms with Gasteiger partial charge in [-0.2, -0.15) is 0 Å². The lowest BCUT2D eigenvalue weighted by Gasteiger charge is -2.26. The summed E-state index contributed by atoms with van der Waals surface area (Å²) in [7, 11) is 0. The average Bonchev–Trinajstić information content (AvgIpc) is 2.98. The Kier molecular flexibility index (Phi) is 3.17. The summed E-state index contributed by atoms with van der Waals surface area (Å²) in [6.45, 7) is 3.23. The molecule has 1 saturated heterocycles. The molecule has 0 radical (unpaired) electrons. The van der Waals surface area contributed by atoms with Crippen LogP contribution in [-0.2, 0) is 13.0 Å². The van der Waals surface area contributed by atoms with Crippen molar-refractivity contribution in [2.75, 3.05) is 13.1 Å². The van der Waals surface area contributed by atoms with Gasteiger partial charge >= 0.3 is 0 Å². The topological polar surface area (TPSA) is 29.3 Å². The minimum absolute atomic E-state index is 0.669. The van der Waals surface area contributed by atoms with Gasteiger partial charge in [-0.3, -0.25) is 4.90 Å². The van der Waals surface area contributed by atoms with Gasteiger partial charge in [0, 0.05) is 25.7 Å². The molecule has 2 fully saturated rings. The molecule has 92 valence electrons. The highest BCUT2D eigenvalue weighted by Gasteiger charge is 2.37. The molecule has 0 aromatic heterocycles. The summed E-state index contributed by atoms with van der Waals surface area (Å²) in [4.78, 5) is 2.70. The Morgan fingerprint density at radius 1 is 1.18 bits per heavy atom. The molecule has 2 unspecified atom stereocenters. The second kappa shape index (κ2) is 4.79. The van der Waals surface area contributed by atoms with Crippen molar-refractivity contribution in [3.8, 4) is 0 Å². The molecule has 1 saturated carbocycles. The third-order valence-electron chi connectivity index (χ3n) is 4.53. The maximum atomic E-state index is 5.78. The van der Waals surface area contributed by atoms with E-state index in [0.717, 1.165) is 18.4 Å². The Morgan fingerprint density at radius 3 is 2.65 bits per heavy atom. The number of nitrogens with zero attached hydrogens (tertiary/aromatic N) is 1. The van der Waals surface area contributed by atoms with E-state index in [2.05, 4.69) is 29.2 Å². The van der Waals surface area contributed by atoms with Crippen molar-refractivity contribution < 1.29 is 0 Å². The third kappa shape index (κ3) is 2.24. The average molecular weight is 230 g/mol. The predicted molar refractivity (Wildman–Crippen MR) is 70.7 cm³/mol. The molecule has 2 atom stereocenters. The van der Waals surface area contributed by atoms with Crippen LogP contribution in [0.25, 0.3) is 0 Å². The quantitative estimate of drug-likeness (QED) is 0.859. The van der Waals surface area contributed by atoms with Gasteiger partial charge in [0.2, 0.25) is 0 Å². The van der Waals surface area contributed by atoms with Crippen LogP contribution in [0.3, 0.4) is 0 Å². The number of rotatable bonds is 4. The Hall–Kier alpha value is -0.860. The number of likely N-dealkylation sites (tertiary alicyclic amines) is 1. The number of hydrogen-bond donors (Lipinski definition) is 1.